The molecule has 1 fully saturated rings. The Morgan fingerprint density at radius 1 is 1.30 bits per heavy atom. The summed E-state index contributed by atoms with van der Waals surface area (Å²) in [6.45, 7) is 4.35. The van der Waals surface area contributed by atoms with Gasteiger partial charge in [-0.15, -0.1) is 0 Å². The van der Waals surface area contributed by atoms with E-state index in [1.54, 1.807) is 0 Å². The number of allylic oxidation sites excluding steroid dienone is 2. The molecule has 0 atom stereocenters. The summed E-state index contributed by atoms with van der Waals surface area (Å²) in [7, 11) is 0. The molecule has 0 radical (unpaired) electrons. The maximum atomic E-state index is 12.1. The molecular weight excluding hydrogens is 248 g/mol. The van der Waals surface area contributed by atoms with Crippen molar-refractivity contribution in [2.75, 3.05) is 0 Å². The van der Waals surface area contributed by atoms with Crippen molar-refractivity contribution in [2.45, 2.75) is 71.3 Å². The van der Waals surface area contributed by atoms with Crippen LogP contribution in [-0.2, 0) is 11.2 Å². The zero-order valence-electron chi connectivity index (χ0n) is 12.8. The third-order valence-electron chi connectivity index (χ3n) is 4.20. The van der Waals surface area contributed by atoms with E-state index in [4.69, 9.17) is 0 Å². The van der Waals surface area contributed by atoms with Crippen molar-refractivity contribution in [3.63, 3.8) is 0 Å². The fourth-order valence-electron chi connectivity index (χ4n) is 2.95. The third-order valence-corrected chi connectivity index (χ3v) is 4.20. The molecule has 0 amide bonds. The van der Waals surface area contributed by atoms with Crippen LogP contribution in [0, 0.1) is 0 Å². The van der Waals surface area contributed by atoms with Crippen LogP contribution in [-0.4, -0.2) is 15.6 Å². The minimum atomic E-state index is 0.205. The van der Waals surface area contributed by atoms with Gasteiger partial charge in [-0.3, -0.25) is 9.48 Å². The maximum absolute atomic E-state index is 12.1. The maximum Gasteiger partial charge on any atom is 0.161 e. The molecule has 0 spiro atoms. The Hall–Kier alpha value is -1.38. The molecule has 0 aromatic carbocycles. The first-order valence-corrected chi connectivity index (χ1v) is 7.99. The van der Waals surface area contributed by atoms with Crippen molar-refractivity contribution in [3.8, 4) is 0 Å². The van der Waals surface area contributed by atoms with E-state index < -0.39 is 0 Å². The quantitative estimate of drug-likeness (QED) is 0.727. The molecule has 1 aromatic heterocycles. The van der Waals surface area contributed by atoms with Gasteiger partial charge in [0.25, 0.3) is 0 Å². The number of rotatable bonds is 6. The summed E-state index contributed by atoms with van der Waals surface area (Å²) in [5.74, 6) is 0.205. The van der Waals surface area contributed by atoms with Crippen LogP contribution in [0.2, 0.25) is 0 Å². The minimum Gasteiger partial charge on any atom is -0.294 e. The molecule has 1 aromatic rings. The van der Waals surface area contributed by atoms with Gasteiger partial charge >= 0.3 is 0 Å². The Bertz CT molecular complexity index is 461. The van der Waals surface area contributed by atoms with Crippen LogP contribution in [0.25, 0.3) is 0 Å². The highest BCUT2D eigenvalue weighted by Gasteiger charge is 2.11. The van der Waals surface area contributed by atoms with Gasteiger partial charge in [0.05, 0.1) is 18.2 Å². The lowest BCUT2D eigenvalue weighted by molar-refractivity contribution is -0.114. The van der Waals surface area contributed by atoms with Crippen LogP contribution in [0.5, 0.6) is 0 Å². The van der Waals surface area contributed by atoms with Gasteiger partial charge < -0.3 is 0 Å². The molecule has 1 aliphatic rings. The SMILES string of the molecule is CCC(CC)n1ccc(CC(=O)C=C2CCCCC2)n1. The molecule has 20 heavy (non-hydrogen) atoms. The molecule has 3 heteroatoms. The van der Waals surface area contributed by atoms with Gasteiger partial charge in [0, 0.05) is 6.20 Å². The van der Waals surface area contributed by atoms with Gasteiger partial charge in [0.15, 0.2) is 5.78 Å². The molecular formula is C17H26N2O. The predicted molar refractivity (Wildman–Crippen MR) is 81.7 cm³/mol. The van der Waals surface area contributed by atoms with E-state index in [1.165, 1.54) is 24.8 Å². The lowest BCUT2D eigenvalue weighted by atomic mass is 9.93. The standard InChI is InChI=1S/C17H26N2O/c1-3-16(4-2)19-11-10-15(18-19)13-17(20)12-14-8-6-5-7-9-14/h10-12,16H,3-9,13H2,1-2H3. The second kappa shape index (κ2) is 7.41. The van der Waals surface area contributed by atoms with E-state index in [-0.39, 0.29) is 5.78 Å². The molecule has 0 bridgehead atoms. The first-order chi connectivity index (χ1) is 9.72. The lowest BCUT2D eigenvalue weighted by Gasteiger charge is -2.13. The van der Waals surface area contributed by atoms with Crippen LogP contribution in [0.1, 0.15) is 70.5 Å². The van der Waals surface area contributed by atoms with Crippen molar-refractivity contribution in [1.29, 1.82) is 0 Å². The van der Waals surface area contributed by atoms with E-state index in [1.807, 2.05) is 23.0 Å². The monoisotopic (exact) mass is 274 g/mol. The second-order valence-corrected chi connectivity index (χ2v) is 5.76. The molecule has 110 valence electrons. The van der Waals surface area contributed by atoms with Crippen LogP contribution in [0.15, 0.2) is 23.9 Å². The van der Waals surface area contributed by atoms with Crippen molar-refractivity contribution in [1.82, 2.24) is 9.78 Å². The summed E-state index contributed by atoms with van der Waals surface area (Å²) in [4.78, 5) is 12.1. The minimum absolute atomic E-state index is 0.205. The van der Waals surface area contributed by atoms with Crippen molar-refractivity contribution in [3.05, 3.63) is 29.6 Å². The summed E-state index contributed by atoms with van der Waals surface area (Å²) >= 11 is 0. The van der Waals surface area contributed by atoms with Crippen LogP contribution >= 0.6 is 0 Å². The highest BCUT2D eigenvalue weighted by molar-refractivity contribution is 5.91. The zero-order chi connectivity index (χ0) is 14.4. The Kier molecular flexibility index (Phi) is 5.57. The van der Waals surface area contributed by atoms with Crippen molar-refractivity contribution in [2.24, 2.45) is 0 Å². The molecule has 1 saturated carbocycles. The molecule has 0 saturated heterocycles. The third kappa shape index (κ3) is 4.06. The first-order valence-electron chi connectivity index (χ1n) is 7.99. The molecule has 1 aliphatic carbocycles. The van der Waals surface area contributed by atoms with Gasteiger partial charge in [0.2, 0.25) is 0 Å². The zero-order valence-corrected chi connectivity index (χ0v) is 12.8. The topological polar surface area (TPSA) is 34.9 Å². The molecule has 0 unspecified atom stereocenters. The van der Waals surface area contributed by atoms with Gasteiger partial charge in [-0.05, 0) is 50.7 Å². The molecule has 2 rings (SSSR count). The van der Waals surface area contributed by atoms with Crippen LogP contribution in [0.4, 0.5) is 0 Å². The second-order valence-electron chi connectivity index (χ2n) is 5.76. The Balaban J connectivity index is 1.94. The van der Waals surface area contributed by atoms with E-state index >= 15 is 0 Å². The lowest BCUT2D eigenvalue weighted by Crippen LogP contribution is -2.09. The number of carbonyl (C=O) groups is 1. The van der Waals surface area contributed by atoms with E-state index in [9.17, 15) is 4.79 Å². The number of hydrogen-bond donors (Lipinski definition) is 0. The summed E-state index contributed by atoms with van der Waals surface area (Å²) < 4.78 is 2.01. The van der Waals surface area contributed by atoms with E-state index in [2.05, 4.69) is 18.9 Å². The summed E-state index contributed by atoms with van der Waals surface area (Å²) in [5.41, 5.74) is 2.23. The molecule has 0 aliphatic heterocycles. The van der Waals surface area contributed by atoms with Gasteiger partial charge in [0.1, 0.15) is 0 Å². The Morgan fingerprint density at radius 3 is 2.65 bits per heavy atom. The Labute approximate surface area is 122 Å². The van der Waals surface area contributed by atoms with E-state index in [0.29, 0.717) is 12.5 Å². The van der Waals surface area contributed by atoms with Crippen LogP contribution < -0.4 is 0 Å². The molecule has 0 N–H and O–H groups in total. The number of ketones is 1. The first kappa shape index (κ1) is 15.0. The largest absolute Gasteiger partial charge is 0.294 e. The molecule has 3 nitrogen and oxygen atoms in total. The highest BCUT2D eigenvalue weighted by Crippen LogP contribution is 2.22. The fraction of sp³-hybridized carbons (Fsp3) is 0.647. The smallest absolute Gasteiger partial charge is 0.161 e. The average Bonchev–Trinajstić information content (AvgIpc) is 2.89. The highest BCUT2D eigenvalue weighted by atomic mass is 16.1. The summed E-state index contributed by atoms with van der Waals surface area (Å²) in [6.07, 6.45) is 12.5. The normalized spacial score (nSPS) is 15.7. The summed E-state index contributed by atoms with van der Waals surface area (Å²) in [5, 5.41) is 4.55. The molecule has 1 heterocycles. The average molecular weight is 274 g/mol. The van der Waals surface area contributed by atoms with Crippen molar-refractivity contribution >= 4 is 5.78 Å². The van der Waals surface area contributed by atoms with Gasteiger partial charge in [-0.25, -0.2) is 0 Å². The number of hydrogen-bond acceptors (Lipinski definition) is 2. The van der Waals surface area contributed by atoms with E-state index in [0.717, 1.165) is 31.4 Å². The number of nitrogens with zero attached hydrogens (tertiary/aromatic N) is 2. The summed E-state index contributed by atoms with van der Waals surface area (Å²) in [6, 6.07) is 2.44. The predicted octanol–water partition coefficient (Wildman–Crippen LogP) is 4.25. The Morgan fingerprint density at radius 2 is 2.00 bits per heavy atom. The number of carbonyl (C=O) groups excluding carboxylic acids is 1. The van der Waals surface area contributed by atoms with Gasteiger partial charge in [-0.1, -0.05) is 25.8 Å². The fourth-order valence-corrected chi connectivity index (χ4v) is 2.95. The van der Waals surface area contributed by atoms with Crippen LogP contribution in [0.3, 0.4) is 0 Å². The van der Waals surface area contributed by atoms with Crippen molar-refractivity contribution < 1.29 is 4.79 Å². The number of aromatic nitrogens is 2. The van der Waals surface area contributed by atoms with Gasteiger partial charge in [-0.2, -0.15) is 5.10 Å².